The van der Waals surface area contributed by atoms with Crippen LogP contribution in [0.2, 0.25) is 0 Å². The zero-order chi connectivity index (χ0) is 15.0. The third kappa shape index (κ3) is 3.74. The fraction of sp³-hybridized carbons (Fsp3) is 0.625. The molecule has 0 aromatic heterocycles. The summed E-state index contributed by atoms with van der Waals surface area (Å²) in [6.07, 6.45) is 2.64. The number of halogens is 4. The van der Waals surface area contributed by atoms with Gasteiger partial charge in [0, 0.05) is 16.2 Å². The van der Waals surface area contributed by atoms with E-state index < -0.39 is 11.7 Å². The van der Waals surface area contributed by atoms with Crippen LogP contribution in [0.5, 0.6) is 0 Å². The first-order chi connectivity index (χ1) is 9.93. The molecule has 2 fully saturated rings. The summed E-state index contributed by atoms with van der Waals surface area (Å²) in [5, 5.41) is 3.16. The third-order valence-electron chi connectivity index (χ3n) is 4.65. The van der Waals surface area contributed by atoms with Crippen molar-refractivity contribution in [3.8, 4) is 0 Å². The molecule has 116 valence electrons. The Labute approximate surface area is 131 Å². The predicted octanol–water partition coefficient (Wildman–Crippen LogP) is 5.85. The molecule has 1 aromatic carbocycles. The zero-order valence-electron chi connectivity index (χ0n) is 11.7. The fourth-order valence-corrected chi connectivity index (χ4v) is 3.81. The summed E-state index contributed by atoms with van der Waals surface area (Å²) in [5.74, 6) is 1.54. The van der Waals surface area contributed by atoms with Gasteiger partial charge >= 0.3 is 6.18 Å². The molecule has 21 heavy (non-hydrogen) atoms. The van der Waals surface area contributed by atoms with Crippen molar-refractivity contribution in [2.75, 3.05) is 5.32 Å². The largest absolute Gasteiger partial charge is 0.418 e. The van der Waals surface area contributed by atoms with Crippen molar-refractivity contribution in [3.05, 3.63) is 28.2 Å². The lowest BCUT2D eigenvalue weighted by Gasteiger charge is -2.31. The Hall–Kier alpha value is -0.710. The molecule has 2 atom stereocenters. The van der Waals surface area contributed by atoms with Gasteiger partial charge in [-0.05, 0) is 55.7 Å². The summed E-state index contributed by atoms with van der Waals surface area (Å²) in [5.41, 5.74) is -0.363. The lowest BCUT2D eigenvalue weighted by atomic mass is 9.82. The molecule has 2 aliphatic carbocycles. The molecule has 0 saturated heterocycles. The molecule has 2 aliphatic rings. The molecule has 1 nitrogen and oxygen atoms in total. The van der Waals surface area contributed by atoms with Crippen LogP contribution in [0.3, 0.4) is 0 Å². The van der Waals surface area contributed by atoms with Gasteiger partial charge in [-0.15, -0.1) is 0 Å². The third-order valence-corrected chi connectivity index (χ3v) is 5.14. The smallest absolute Gasteiger partial charge is 0.382 e. The fourth-order valence-electron chi connectivity index (χ4n) is 3.45. The molecule has 0 spiro atoms. The molecule has 0 radical (unpaired) electrons. The first kappa shape index (κ1) is 15.2. The second-order valence-electron chi connectivity index (χ2n) is 6.29. The SMILES string of the molecule is FC(F)(F)c1cc(Br)ccc1NC1CCCC(C2CC2)C1. The van der Waals surface area contributed by atoms with E-state index in [1.807, 2.05) is 0 Å². The highest BCUT2D eigenvalue weighted by molar-refractivity contribution is 9.10. The minimum Gasteiger partial charge on any atom is -0.382 e. The summed E-state index contributed by atoms with van der Waals surface area (Å²) in [7, 11) is 0. The maximum absolute atomic E-state index is 13.1. The van der Waals surface area contributed by atoms with Crippen molar-refractivity contribution in [2.45, 2.75) is 50.7 Å². The Bertz CT molecular complexity index is 511. The highest BCUT2D eigenvalue weighted by Gasteiger charge is 2.37. The molecule has 0 heterocycles. The highest BCUT2D eigenvalue weighted by atomic mass is 79.9. The van der Waals surface area contributed by atoms with Crippen LogP contribution in [-0.4, -0.2) is 6.04 Å². The van der Waals surface area contributed by atoms with Crippen molar-refractivity contribution in [1.82, 2.24) is 0 Å². The van der Waals surface area contributed by atoms with Crippen LogP contribution in [-0.2, 0) is 6.18 Å². The molecule has 1 aromatic rings. The van der Waals surface area contributed by atoms with Gasteiger partial charge in [0.15, 0.2) is 0 Å². The van der Waals surface area contributed by atoms with Gasteiger partial charge < -0.3 is 5.32 Å². The lowest BCUT2D eigenvalue weighted by molar-refractivity contribution is -0.137. The quantitative estimate of drug-likeness (QED) is 0.711. The van der Waals surface area contributed by atoms with E-state index in [4.69, 9.17) is 0 Å². The first-order valence-corrected chi connectivity index (χ1v) is 8.36. The molecule has 1 N–H and O–H groups in total. The van der Waals surface area contributed by atoms with E-state index in [0.29, 0.717) is 10.4 Å². The van der Waals surface area contributed by atoms with E-state index in [0.717, 1.165) is 31.2 Å². The van der Waals surface area contributed by atoms with Crippen LogP contribution in [0.4, 0.5) is 18.9 Å². The van der Waals surface area contributed by atoms with Crippen molar-refractivity contribution in [1.29, 1.82) is 0 Å². The van der Waals surface area contributed by atoms with Crippen LogP contribution in [0.15, 0.2) is 22.7 Å². The van der Waals surface area contributed by atoms with Gasteiger partial charge in [-0.2, -0.15) is 13.2 Å². The molecule has 2 unspecified atom stereocenters. The van der Waals surface area contributed by atoms with Gasteiger partial charge in [-0.3, -0.25) is 0 Å². The number of benzene rings is 1. The van der Waals surface area contributed by atoms with Crippen LogP contribution in [0.1, 0.15) is 44.1 Å². The van der Waals surface area contributed by atoms with Gasteiger partial charge in [0.2, 0.25) is 0 Å². The molecule has 2 saturated carbocycles. The summed E-state index contributed by atoms with van der Waals surface area (Å²) >= 11 is 3.12. The van der Waals surface area contributed by atoms with Gasteiger partial charge in [0.1, 0.15) is 0 Å². The maximum atomic E-state index is 13.1. The van der Waals surface area contributed by atoms with Gasteiger partial charge in [0.25, 0.3) is 0 Å². The number of rotatable bonds is 3. The number of anilines is 1. The zero-order valence-corrected chi connectivity index (χ0v) is 13.3. The predicted molar refractivity (Wildman–Crippen MR) is 81.2 cm³/mol. The maximum Gasteiger partial charge on any atom is 0.418 e. The minimum atomic E-state index is -4.32. The van der Waals surface area contributed by atoms with E-state index in [-0.39, 0.29) is 11.7 Å². The first-order valence-electron chi connectivity index (χ1n) is 7.57. The average Bonchev–Trinajstić information content (AvgIpc) is 3.24. The van der Waals surface area contributed by atoms with Crippen LogP contribution in [0, 0.1) is 11.8 Å². The van der Waals surface area contributed by atoms with Crippen molar-refractivity contribution >= 4 is 21.6 Å². The number of hydrogen-bond acceptors (Lipinski definition) is 1. The van der Waals surface area contributed by atoms with Crippen molar-refractivity contribution in [2.24, 2.45) is 11.8 Å². The molecule has 3 rings (SSSR count). The van der Waals surface area contributed by atoms with E-state index in [1.54, 1.807) is 6.07 Å². The Kier molecular flexibility index (Phi) is 4.21. The molecule has 0 aliphatic heterocycles. The Morgan fingerprint density at radius 2 is 1.81 bits per heavy atom. The number of alkyl halides is 3. The molecular weight excluding hydrogens is 343 g/mol. The summed E-state index contributed by atoms with van der Waals surface area (Å²) < 4.78 is 39.9. The average molecular weight is 362 g/mol. The van der Waals surface area contributed by atoms with Gasteiger partial charge in [-0.1, -0.05) is 28.8 Å². The molecule has 5 heteroatoms. The summed E-state index contributed by atoms with van der Waals surface area (Å²) in [4.78, 5) is 0. The molecular formula is C16H19BrF3N. The topological polar surface area (TPSA) is 12.0 Å². The minimum absolute atomic E-state index is 0.173. The van der Waals surface area contributed by atoms with Gasteiger partial charge in [0.05, 0.1) is 5.56 Å². The second-order valence-corrected chi connectivity index (χ2v) is 7.21. The van der Waals surface area contributed by atoms with E-state index in [2.05, 4.69) is 21.2 Å². The van der Waals surface area contributed by atoms with Crippen LogP contribution < -0.4 is 5.32 Å². The summed E-state index contributed by atoms with van der Waals surface area (Å²) in [6, 6.07) is 4.53. The molecule has 0 amide bonds. The molecule has 0 bridgehead atoms. The van der Waals surface area contributed by atoms with E-state index in [1.165, 1.54) is 25.3 Å². The summed E-state index contributed by atoms with van der Waals surface area (Å²) in [6.45, 7) is 0. The van der Waals surface area contributed by atoms with E-state index >= 15 is 0 Å². The van der Waals surface area contributed by atoms with Gasteiger partial charge in [-0.25, -0.2) is 0 Å². The van der Waals surface area contributed by atoms with Crippen LogP contribution >= 0.6 is 15.9 Å². The number of hydrogen-bond donors (Lipinski definition) is 1. The monoisotopic (exact) mass is 361 g/mol. The van der Waals surface area contributed by atoms with Crippen molar-refractivity contribution in [3.63, 3.8) is 0 Å². The lowest BCUT2D eigenvalue weighted by Crippen LogP contribution is -2.29. The Balaban J connectivity index is 1.74. The van der Waals surface area contributed by atoms with Crippen LogP contribution in [0.25, 0.3) is 0 Å². The Morgan fingerprint density at radius 3 is 2.48 bits per heavy atom. The second kappa shape index (κ2) is 5.82. The van der Waals surface area contributed by atoms with Crippen molar-refractivity contribution < 1.29 is 13.2 Å². The standard InChI is InChI=1S/C16H19BrF3N/c17-12-6-7-15(14(9-12)16(18,19)20)21-13-3-1-2-11(8-13)10-4-5-10/h6-7,9-11,13,21H,1-5,8H2. The van der Waals surface area contributed by atoms with E-state index in [9.17, 15) is 13.2 Å². The Morgan fingerprint density at radius 1 is 1.05 bits per heavy atom. The highest BCUT2D eigenvalue weighted by Crippen LogP contribution is 2.45. The normalized spacial score (nSPS) is 26.7. The number of nitrogens with one attached hydrogen (secondary N) is 1.